The topological polar surface area (TPSA) is 59.3 Å². The Hall–Kier alpha value is -1.23. The summed E-state index contributed by atoms with van der Waals surface area (Å²) in [5.74, 6) is -1.05. The molecule has 0 aliphatic heterocycles. The molecule has 2 atom stereocenters. The Morgan fingerprint density at radius 1 is 1.44 bits per heavy atom. The van der Waals surface area contributed by atoms with Crippen LogP contribution >= 0.6 is 11.8 Å². The lowest BCUT2D eigenvalue weighted by Gasteiger charge is -2.14. The summed E-state index contributed by atoms with van der Waals surface area (Å²) in [5, 5.41) is 9.80. The van der Waals surface area contributed by atoms with Gasteiger partial charge in [0, 0.05) is 23.1 Å². The number of nitrogens with zero attached hydrogens (tertiary/aromatic N) is 1. The van der Waals surface area contributed by atoms with Gasteiger partial charge in [0.15, 0.2) is 5.78 Å². The molecule has 1 N–H and O–H groups in total. The Balaban J connectivity index is 2.31. The number of Topliss-reactive ketones (excluding diaryl/α,β-unsaturated/α-hetero) is 1. The van der Waals surface area contributed by atoms with Crippen molar-refractivity contribution >= 4 is 23.5 Å². The zero-order valence-electron chi connectivity index (χ0n) is 10.5. The fourth-order valence-electron chi connectivity index (χ4n) is 2.53. The van der Waals surface area contributed by atoms with Gasteiger partial charge in [0.2, 0.25) is 0 Å². The summed E-state index contributed by atoms with van der Waals surface area (Å²) in [6.07, 6.45) is 6.85. The number of aromatic carboxylic acids is 1. The van der Waals surface area contributed by atoms with Crippen LogP contribution < -0.4 is 0 Å². The standard InChI is InChI=1S/C13H17NO3S/c1-8(15)9-5-12(13(16)17)14(7-9)10-3-4-11(6-10)18-2/h5,7,10-11H,3-4,6H2,1-2H3,(H,16,17). The molecule has 98 valence electrons. The minimum Gasteiger partial charge on any atom is -0.477 e. The predicted molar refractivity (Wildman–Crippen MR) is 71.6 cm³/mol. The number of rotatable bonds is 4. The third-order valence-electron chi connectivity index (χ3n) is 3.56. The van der Waals surface area contributed by atoms with Crippen molar-refractivity contribution in [1.82, 2.24) is 4.57 Å². The number of hydrogen-bond donors (Lipinski definition) is 1. The van der Waals surface area contributed by atoms with E-state index in [-0.39, 0.29) is 17.5 Å². The molecule has 0 radical (unpaired) electrons. The minimum absolute atomic E-state index is 0.0873. The molecular formula is C13H17NO3S. The number of ketones is 1. The van der Waals surface area contributed by atoms with Gasteiger partial charge in [-0.25, -0.2) is 4.79 Å². The molecule has 1 heterocycles. The molecule has 1 aliphatic carbocycles. The van der Waals surface area contributed by atoms with Crippen molar-refractivity contribution in [1.29, 1.82) is 0 Å². The van der Waals surface area contributed by atoms with E-state index < -0.39 is 5.97 Å². The highest BCUT2D eigenvalue weighted by atomic mass is 32.2. The molecule has 0 aromatic carbocycles. The molecule has 4 nitrogen and oxygen atoms in total. The molecule has 5 heteroatoms. The molecular weight excluding hydrogens is 250 g/mol. The average Bonchev–Trinajstić information content (AvgIpc) is 2.95. The lowest BCUT2D eigenvalue weighted by Crippen LogP contribution is -2.12. The summed E-state index contributed by atoms with van der Waals surface area (Å²) in [6.45, 7) is 1.46. The van der Waals surface area contributed by atoms with Crippen LogP contribution in [-0.4, -0.2) is 32.9 Å². The van der Waals surface area contributed by atoms with Crippen molar-refractivity contribution in [2.45, 2.75) is 37.5 Å². The predicted octanol–water partition coefficient (Wildman–Crippen LogP) is 2.85. The van der Waals surface area contributed by atoms with E-state index in [1.165, 1.54) is 13.0 Å². The first kappa shape index (κ1) is 13.2. The minimum atomic E-state index is -0.963. The summed E-state index contributed by atoms with van der Waals surface area (Å²) in [4.78, 5) is 22.6. The Kier molecular flexibility index (Phi) is 3.80. The van der Waals surface area contributed by atoms with Crippen molar-refractivity contribution in [2.24, 2.45) is 0 Å². The van der Waals surface area contributed by atoms with Crippen LogP contribution in [0.25, 0.3) is 0 Å². The van der Waals surface area contributed by atoms with Crippen LogP contribution in [0.15, 0.2) is 12.3 Å². The first-order valence-electron chi connectivity index (χ1n) is 6.01. The fourth-order valence-corrected chi connectivity index (χ4v) is 3.32. The van der Waals surface area contributed by atoms with Gasteiger partial charge in [0.1, 0.15) is 5.69 Å². The summed E-state index contributed by atoms with van der Waals surface area (Å²) < 4.78 is 1.77. The summed E-state index contributed by atoms with van der Waals surface area (Å²) in [5.41, 5.74) is 0.715. The molecule has 1 fully saturated rings. The largest absolute Gasteiger partial charge is 0.477 e. The van der Waals surface area contributed by atoms with Crippen molar-refractivity contribution in [3.63, 3.8) is 0 Å². The van der Waals surface area contributed by atoms with E-state index in [1.807, 2.05) is 11.8 Å². The average molecular weight is 267 g/mol. The van der Waals surface area contributed by atoms with Crippen LogP contribution in [0.5, 0.6) is 0 Å². The third kappa shape index (κ3) is 2.46. The van der Waals surface area contributed by atoms with Gasteiger partial charge < -0.3 is 9.67 Å². The number of aromatic nitrogens is 1. The molecule has 1 aromatic rings. The second-order valence-electron chi connectivity index (χ2n) is 4.71. The highest BCUT2D eigenvalue weighted by Crippen LogP contribution is 2.37. The normalized spacial score (nSPS) is 23.2. The second-order valence-corrected chi connectivity index (χ2v) is 5.85. The second kappa shape index (κ2) is 5.18. The Bertz CT molecular complexity index is 481. The van der Waals surface area contributed by atoms with Crippen LogP contribution in [-0.2, 0) is 0 Å². The van der Waals surface area contributed by atoms with E-state index in [1.54, 1.807) is 10.8 Å². The Morgan fingerprint density at radius 2 is 2.17 bits per heavy atom. The van der Waals surface area contributed by atoms with Gasteiger partial charge in [0.25, 0.3) is 0 Å². The zero-order valence-corrected chi connectivity index (χ0v) is 11.4. The van der Waals surface area contributed by atoms with Gasteiger partial charge in [-0.3, -0.25) is 4.79 Å². The fraction of sp³-hybridized carbons (Fsp3) is 0.538. The number of thioether (sulfide) groups is 1. The molecule has 1 aromatic heterocycles. The molecule has 0 amide bonds. The van der Waals surface area contributed by atoms with Gasteiger partial charge in [-0.2, -0.15) is 11.8 Å². The van der Waals surface area contributed by atoms with E-state index in [0.29, 0.717) is 10.8 Å². The smallest absolute Gasteiger partial charge is 0.352 e. The van der Waals surface area contributed by atoms with Gasteiger partial charge in [0.05, 0.1) is 0 Å². The summed E-state index contributed by atoms with van der Waals surface area (Å²) >= 11 is 1.83. The number of carbonyl (C=O) groups excluding carboxylic acids is 1. The number of carboxylic acids is 1. The van der Waals surface area contributed by atoms with E-state index in [2.05, 4.69) is 6.26 Å². The van der Waals surface area contributed by atoms with Gasteiger partial charge >= 0.3 is 5.97 Å². The van der Waals surface area contributed by atoms with E-state index in [4.69, 9.17) is 0 Å². The first-order chi connectivity index (χ1) is 8.52. The Morgan fingerprint density at radius 3 is 2.67 bits per heavy atom. The highest BCUT2D eigenvalue weighted by molar-refractivity contribution is 7.99. The van der Waals surface area contributed by atoms with Crippen LogP contribution in [0, 0.1) is 0 Å². The summed E-state index contributed by atoms with van der Waals surface area (Å²) in [6, 6.07) is 1.69. The van der Waals surface area contributed by atoms with E-state index in [0.717, 1.165) is 19.3 Å². The molecule has 0 saturated heterocycles. The van der Waals surface area contributed by atoms with Crippen LogP contribution in [0.2, 0.25) is 0 Å². The molecule has 2 rings (SSSR count). The van der Waals surface area contributed by atoms with Crippen LogP contribution in [0.4, 0.5) is 0 Å². The maximum atomic E-state index is 11.4. The monoisotopic (exact) mass is 267 g/mol. The molecule has 1 aliphatic rings. The SMILES string of the molecule is CSC1CCC(n2cc(C(C)=O)cc2C(=O)O)C1. The van der Waals surface area contributed by atoms with Crippen molar-refractivity contribution in [3.05, 3.63) is 23.5 Å². The van der Waals surface area contributed by atoms with E-state index in [9.17, 15) is 14.7 Å². The van der Waals surface area contributed by atoms with Crippen LogP contribution in [0.3, 0.4) is 0 Å². The third-order valence-corrected chi connectivity index (χ3v) is 4.65. The van der Waals surface area contributed by atoms with Crippen molar-refractivity contribution < 1.29 is 14.7 Å². The van der Waals surface area contributed by atoms with Gasteiger partial charge in [-0.1, -0.05) is 0 Å². The highest BCUT2D eigenvalue weighted by Gasteiger charge is 2.28. The van der Waals surface area contributed by atoms with Gasteiger partial charge in [-0.15, -0.1) is 0 Å². The lowest BCUT2D eigenvalue weighted by molar-refractivity contribution is 0.0682. The molecule has 1 saturated carbocycles. The number of carbonyl (C=O) groups is 2. The Labute approximate surface area is 110 Å². The number of hydrogen-bond acceptors (Lipinski definition) is 3. The van der Waals surface area contributed by atoms with Crippen molar-refractivity contribution in [2.75, 3.05) is 6.26 Å². The van der Waals surface area contributed by atoms with Crippen LogP contribution in [0.1, 0.15) is 53.1 Å². The van der Waals surface area contributed by atoms with E-state index >= 15 is 0 Å². The lowest BCUT2D eigenvalue weighted by atomic mass is 10.2. The molecule has 2 unspecified atom stereocenters. The molecule has 0 spiro atoms. The maximum Gasteiger partial charge on any atom is 0.352 e. The zero-order chi connectivity index (χ0) is 13.3. The van der Waals surface area contributed by atoms with Crippen molar-refractivity contribution in [3.8, 4) is 0 Å². The van der Waals surface area contributed by atoms with Gasteiger partial charge in [-0.05, 0) is 38.5 Å². The first-order valence-corrected chi connectivity index (χ1v) is 7.30. The molecule has 18 heavy (non-hydrogen) atoms. The molecule has 0 bridgehead atoms. The number of carboxylic acid groups (broad SMARTS) is 1. The quantitative estimate of drug-likeness (QED) is 0.852. The maximum absolute atomic E-state index is 11.4. The summed E-state index contributed by atoms with van der Waals surface area (Å²) in [7, 11) is 0.